The maximum Gasteiger partial charge on any atom is 0.355 e. The van der Waals surface area contributed by atoms with Gasteiger partial charge in [-0.25, -0.2) is 9.78 Å². The first kappa shape index (κ1) is 13.7. The van der Waals surface area contributed by atoms with Gasteiger partial charge in [-0.1, -0.05) is 0 Å². The third-order valence-electron chi connectivity index (χ3n) is 2.82. The van der Waals surface area contributed by atoms with Gasteiger partial charge in [-0.2, -0.15) is 0 Å². The highest BCUT2D eigenvalue weighted by atomic mass is 16.5. The van der Waals surface area contributed by atoms with E-state index < -0.39 is 5.97 Å². The molecule has 0 atom stereocenters. The van der Waals surface area contributed by atoms with E-state index in [1.807, 2.05) is 0 Å². The molecular formula is C14H14N2O4. The molecule has 6 heteroatoms. The van der Waals surface area contributed by atoms with Crippen molar-refractivity contribution in [2.45, 2.75) is 0 Å². The number of carboxylic acids is 1. The summed E-state index contributed by atoms with van der Waals surface area (Å²) in [6, 6.07) is 8.27. The van der Waals surface area contributed by atoms with Crippen LogP contribution in [-0.2, 0) is 0 Å². The number of carbonyl (C=O) groups is 1. The zero-order valence-electron chi connectivity index (χ0n) is 11.1. The van der Waals surface area contributed by atoms with E-state index >= 15 is 0 Å². The van der Waals surface area contributed by atoms with Gasteiger partial charge in [-0.3, -0.25) is 0 Å². The minimum absolute atomic E-state index is 0.117. The topological polar surface area (TPSA) is 94.7 Å². The molecule has 0 aliphatic carbocycles. The van der Waals surface area contributed by atoms with Crippen LogP contribution in [0.2, 0.25) is 0 Å². The number of hydrogen-bond donors (Lipinski definition) is 2. The molecule has 0 spiro atoms. The van der Waals surface area contributed by atoms with Gasteiger partial charge >= 0.3 is 5.97 Å². The summed E-state index contributed by atoms with van der Waals surface area (Å²) < 4.78 is 10.4. The maximum absolute atomic E-state index is 11.3. The van der Waals surface area contributed by atoms with E-state index in [2.05, 4.69) is 4.98 Å². The number of nitrogen functional groups attached to an aromatic ring is 1. The van der Waals surface area contributed by atoms with Crippen LogP contribution in [0.1, 0.15) is 10.5 Å². The molecule has 0 saturated heterocycles. The van der Waals surface area contributed by atoms with Gasteiger partial charge in [0.15, 0.2) is 5.69 Å². The van der Waals surface area contributed by atoms with Gasteiger partial charge in [0.25, 0.3) is 0 Å². The molecule has 2 aromatic rings. The van der Waals surface area contributed by atoms with Crippen LogP contribution >= 0.6 is 0 Å². The first-order valence-corrected chi connectivity index (χ1v) is 5.79. The van der Waals surface area contributed by atoms with Gasteiger partial charge in [0, 0.05) is 17.2 Å². The molecule has 1 heterocycles. The molecule has 0 fully saturated rings. The number of anilines is 1. The lowest BCUT2D eigenvalue weighted by Gasteiger charge is -2.12. The summed E-state index contributed by atoms with van der Waals surface area (Å²) in [5.74, 6) is 0.119. The number of rotatable bonds is 4. The number of aromatic carboxylic acids is 1. The zero-order chi connectivity index (χ0) is 14.7. The highest BCUT2D eigenvalue weighted by molar-refractivity contribution is 5.95. The molecule has 0 radical (unpaired) electrons. The Hall–Kier alpha value is -2.76. The molecule has 0 aliphatic heterocycles. The van der Waals surface area contributed by atoms with Crippen LogP contribution in [-0.4, -0.2) is 30.3 Å². The molecule has 0 saturated carbocycles. The summed E-state index contributed by atoms with van der Waals surface area (Å²) in [6.45, 7) is 0. The van der Waals surface area contributed by atoms with Crippen molar-refractivity contribution in [1.82, 2.24) is 4.98 Å². The van der Waals surface area contributed by atoms with Crippen molar-refractivity contribution in [1.29, 1.82) is 0 Å². The summed E-state index contributed by atoms with van der Waals surface area (Å²) in [5, 5.41) is 9.23. The quantitative estimate of drug-likeness (QED) is 0.886. The van der Waals surface area contributed by atoms with Crippen molar-refractivity contribution in [2.75, 3.05) is 20.0 Å². The summed E-state index contributed by atoms with van der Waals surface area (Å²) in [5.41, 5.74) is 6.46. The molecule has 2 rings (SSSR count). The number of carboxylic acid groups (broad SMARTS) is 1. The van der Waals surface area contributed by atoms with E-state index in [1.165, 1.54) is 7.11 Å². The van der Waals surface area contributed by atoms with E-state index in [9.17, 15) is 9.90 Å². The first-order chi connectivity index (χ1) is 9.56. The summed E-state index contributed by atoms with van der Waals surface area (Å²) >= 11 is 0. The van der Waals surface area contributed by atoms with Crippen LogP contribution in [0.15, 0.2) is 30.3 Å². The van der Waals surface area contributed by atoms with Gasteiger partial charge in [0.2, 0.25) is 0 Å². The molecule has 0 bridgehead atoms. The Morgan fingerprint density at radius 1 is 1.15 bits per heavy atom. The van der Waals surface area contributed by atoms with E-state index in [0.29, 0.717) is 22.6 Å². The monoisotopic (exact) mass is 274 g/mol. The zero-order valence-corrected chi connectivity index (χ0v) is 11.1. The van der Waals surface area contributed by atoms with Crippen LogP contribution < -0.4 is 15.2 Å². The fourth-order valence-corrected chi connectivity index (χ4v) is 1.88. The van der Waals surface area contributed by atoms with Crippen LogP contribution in [0, 0.1) is 0 Å². The Kier molecular flexibility index (Phi) is 3.74. The third-order valence-corrected chi connectivity index (χ3v) is 2.82. The maximum atomic E-state index is 11.3. The molecule has 0 unspecified atom stereocenters. The molecule has 1 aromatic carbocycles. The van der Waals surface area contributed by atoms with E-state index in [1.54, 1.807) is 37.4 Å². The summed E-state index contributed by atoms with van der Waals surface area (Å²) in [4.78, 5) is 15.1. The van der Waals surface area contributed by atoms with E-state index in [-0.39, 0.29) is 11.5 Å². The Balaban J connectivity index is 2.65. The largest absolute Gasteiger partial charge is 0.497 e. The molecule has 6 nitrogen and oxygen atoms in total. The Morgan fingerprint density at radius 2 is 1.85 bits per heavy atom. The van der Waals surface area contributed by atoms with Crippen LogP contribution in [0.4, 0.5) is 5.82 Å². The fourth-order valence-electron chi connectivity index (χ4n) is 1.88. The summed E-state index contributed by atoms with van der Waals surface area (Å²) in [6.07, 6.45) is 0. The number of benzene rings is 1. The molecule has 0 amide bonds. The van der Waals surface area contributed by atoms with Crippen LogP contribution in [0.3, 0.4) is 0 Å². The fraction of sp³-hybridized carbons (Fsp3) is 0.143. The molecule has 0 aliphatic rings. The average molecular weight is 274 g/mol. The lowest BCUT2D eigenvalue weighted by atomic mass is 10.0. The normalized spacial score (nSPS) is 10.1. The van der Waals surface area contributed by atoms with Gasteiger partial charge in [0.05, 0.1) is 14.2 Å². The van der Waals surface area contributed by atoms with Crippen molar-refractivity contribution in [2.24, 2.45) is 0 Å². The van der Waals surface area contributed by atoms with Crippen LogP contribution in [0.25, 0.3) is 11.1 Å². The predicted octanol–water partition coefficient (Wildman–Crippen LogP) is 2.05. The Morgan fingerprint density at radius 3 is 2.45 bits per heavy atom. The molecule has 104 valence electrons. The van der Waals surface area contributed by atoms with Gasteiger partial charge in [0.1, 0.15) is 17.3 Å². The minimum Gasteiger partial charge on any atom is -0.497 e. The molecule has 20 heavy (non-hydrogen) atoms. The Labute approximate surface area is 115 Å². The van der Waals surface area contributed by atoms with Crippen molar-refractivity contribution >= 4 is 11.8 Å². The lowest BCUT2D eigenvalue weighted by Crippen LogP contribution is -2.06. The number of aromatic nitrogens is 1. The standard InChI is InChI=1S/C14H14N2O4/c1-19-8-3-4-9(11(7-8)20-2)10-5-6-12(15)16-13(10)14(17)18/h3-7H,1-2H3,(H2,15,16)(H,17,18). The predicted molar refractivity (Wildman–Crippen MR) is 74.1 cm³/mol. The van der Waals surface area contributed by atoms with Crippen molar-refractivity contribution in [3.05, 3.63) is 36.0 Å². The average Bonchev–Trinajstić information content (AvgIpc) is 2.46. The number of nitrogens with two attached hydrogens (primary N) is 1. The van der Waals surface area contributed by atoms with Gasteiger partial charge < -0.3 is 20.3 Å². The van der Waals surface area contributed by atoms with Crippen LogP contribution in [0.5, 0.6) is 11.5 Å². The Bertz CT molecular complexity index is 656. The highest BCUT2D eigenvalue weighted by Crippen LogP contribution is 2.35. The third kappa shape index (κ3) is 2.49. The van der Waals surface area contributed by atoms with E-state index in [0.717, 1.165) is 0 Å². The van der Waals surface area contributed by atoms with Crippen molar-refractivity contribution in [3.8, 4) is 22.6 Å². The highest BCUT2D eigenvalue weighted by Gasteiger charge is 2.17. The number of pyridine rings is 1. The van der Waals surface area contributed by atoms with Gasteiger partial charge in [-0.05, 0) is 24.3 Å². The number of nitrogens with zero attached hydrogens (tertiary/aromatic N) is 1. The van der Waals surface area contributed by atoms with Crippen molar-refractivity contribution < 1.29 is 19.4 Å². The smallest absolute Gasteiger partial charge is 0.355 e. The molecular weight excluding hydrogens is 260 g/mol. The van der Waals surface area contributed by atoms with E-state index in [4.69, 9.17) is 15.2 Å². The second-order valence-electron chi connectivity index (χ2n) is 4.00. The second kappa shape index (κ2) is 5.48. The number of ether oxygens (including phenoxy) is 2. The van der Waals surface area contributed by atoms with Gasteiger partial charge in [-0.15, -0.1) is 0 Å². The number of methoxy groups -OCH3 is 2. The lowest BCUT2D eigenvalue weighted by molar-refractivity contribution is 0.0691. The first-order valence-electron chi connectivity index (χ1n) is 5.79. The second-order valence-corrected chi connectivity index (χ2v) is 4.00. The minimum atomic E-state index is -1.15. The molecule has 1 aromatic heterocycles. The summed E-state index contributed by atoms with van der Waals surface area (Å²) in [7, 11) is 3.05. The van der Waals surface area contributed by atoms with Crippen molar-refractivity contribution in [3.63, 3.8) is 0 Å². The molecule has 3 N–H and O–H groups in total. The SMILES string of the molecule is COc1ccc(-c2ccc(N)nc2C(=O)O)c(OC)c1. The number of hydrogen-bond acceptors (Lipinski definition) is 5.